The second-order valence-electron chi connectivity index (χ2n) is 5.43. The lowest BCUT2D eigenvalue weighted by molar-refractivity contribution is 0.102. The van der Waals surface area contributed by atoms with E-state index >= 15 is 0 Å². The van der Waals surface area contributed by atoms with Gasteiger partial charge in [0.15, 0.2) is 0 Å². The summed E-state index contributed by atoms with van der Waals surface area (Å²) in [5.74, 6) is 0.383. The van der Waals surface area contributed by atoms with E-state index in [1.54, 1.807) is 49.7 Å². The van der Waals surface area contributed by atoms with Gasteiger partial charge in [-0.2, -0.15) is 5.26 Å². The Morgan fingerprint density at radius 2 is 1.81 bits per heavy atom. The molecule has 1 aromatic heterocycles. The maximum absolute atomic E-state index is 12.4. The number of amides is 1. The molecular formula is C20H16N4O2. The van der Waals surface area contributed by atoms with Crippen LogP contribution in [0.25, 0.3) is 0 Å². The highest BCUT2D eigenvalue weighted by atomic mass is 16.5. The minimum Gasteiger partial charge on any atom is -0.497 e. The number of nitrogens with one attached hydrogen (secondary N) is 2. The van der Waals surface area contributed by atoms with Gasteiger partial charge in [0.2, 0.25) is 0 Å². The summed E-state index contributed by atoms with van der Waals surface area (Å²) in [5.41, 5.74) is 2.85. The summed E-state index contributed by atoms with van der Waals surface area (Å²) in [7, 11) is 1.61. The predicted octanol–water partition coefficient (Wildman–Crippen LogP) is 3.96. The number of ether oxygens (including phenoxy) is 1. The van der Waals surface area contributed by atoms with Gasteiger partial charge in [0.1, 0.15) is 11.4 Å². The quantitative estimate of drug-likeness (QED) is 0.731. The topological polar surface area (TPSA) is 87.0 Å². The molecule has 128 valence electrons. The maximum Gasteiger partial charge on any atom is 0.274 e. The number of nitrogens with zero attached hydrogens (tertiary/aromatic N) is 2. The van der Waals surface area contributed by atoms with Gasteiger partial charge in [-0.05, 0) is 42.5 Å². The van der Waals surface area contributed by atoms with Crippen molar-refractivity contribution in [1.82, 2.24) is 4.98 Å². The van der Waals surface area contributed by atoms with Crippen LogP contribution in [0.2, 0.25) is 0 Å². The lowest BCUT2D eigenvalue weighted by Gasteiger charge is -2.10. The monoisotopic (exact) mass is 344 g/mol. The molecule has 0 fully saturated rings. The molecule has 26 heavy (non-hydrogen) atoms. The molecule has 2 aromatic carbocycles. The number of nitriles is 1. The average Bonchev–Trinajstić information content (AvgIpc) is 2.68. The molecule has 1 heterocycles. The highest BCUT2D eigenvalue weighted by Crippen LogP contribution is 2.21. The Kier molecular flexibility index (Phi) is 5.11. The van der Waals surface area contributed by atoms with Crippen LogP contribution in [0.5, 0.6) is 5.75 Å². The van der Waals surface area contributed by atoms with Crippen molar-refractivity contribution in [2.75, 3.05) is 17.7 Å². The molecule has 1 amide bonds. The van der Waals surface area contributed by atoms with Crippen molar-refractivity contribution in [3.8, 4) is 11.8 Å². The first-order chi connectivity index (χ1) is 12.7. The largest absolute Gasteiger partial charge is 0.497 e. The van der Waals surface area contributed by atoms with Crippen molar-refractivity contribution >= 4 is 23.0 Å². The zero-order valence-corrected chi connectivity index (χ0v) is 14.1. The van der Waals surface area contributed by atoms with Crippen LogP contribution in [-0.4, -0.2) is 18.0 Å². The zero-order chi connectivity index (χ0) is 18.4. The summed E-state index contributed by atoms with van der Waals surface area (Å²) in [4.78, 5) is 16.5. The SMILES string of the molecule is COc1cccc(Nc2ccnc(C(=O)Nc3cccc(C#N)c3)c2)c1. The Bertz CT molecular complexity index is 979. The molecule has 3 rings (SSSR count). The molecule has 0 spiro atoms. The minimum atomic E-state index is -0.352. The van der Waals surface area contributed by atoms with E-state index < -0.39 is 0 Å². The average molecular weight is 344 g/mol. The lowest BCUT2D eigenvalue weighted by atomic mass is 10.2. The number of carbonyl (C=O) groups excluding carboxylic acids is 1. The van der Waals surface area contributed by atoms with Crippen molar-refractivity contribution < 1.29 is 9.53 Å². The van der Waals surface area contributed by atoms with Crippen LogP contribution in [0.3, 0.4) is 0 Å². The normalized spacial score (nSPS) is 9.85. The van der Waals surface area contributed by atoms with Gasteiger partial charge in [-0.1, -0.05) is 12.1 Å². The molecule has 6 heteroatoms. The fourth-order valence-electron chi connectivity index (χ4n) is 2.36. The summed E-state index contributed by atoms with van der Waals surface area (Å²) in [6.45, 7) is 0. The van der Waals surface area contributed by atoms with Crippen LogP contribution < -0.4 is 15.4 Å². The smallest absolute Gasteiger partial charge is 0.274 e. The van der Waals surface area contributed by atoms with E-state index in [1.165, 1.54) is 0 Å². The first-order valence-electron chi connectivity index (χ1n) is 7.86. The van der Waals surface area contributed by atoms with E-state index in [0.29, 0.717) is 11.3 Å². The van der Waals surface area contributed by atoms with E-state index in [-0.39, 0.29) is 11.6 Å². The van der Waals surface area contributed by atoms with E-state index in [2.05, 4.69) is 15.6 Å². The summed E-state index contributed by atoms with van der Waals surface area (Å²) in [6.07, 6.45) is 1.56. The van der Waals surface area contributed by atoms with Crippen LogP contribution in [0.15, 0.2) is 66.9 Å². The van der Waals surface area contributed by atoms with Gasteiger partial charge in [0.05, 0.1) is 18.7 Å². The van der Waals surface area contributed by atoms with Gasteiger partial charge >= 0.3 is 0 Å². The number of pyridine rings is 1. The molecule has 0 aliphatic rings. The third kappa shape index (κ3) is 4.16. The number of hydrogen-bond acceptors (Lipinski definition) is 5. The summed E-state index contributed by atoms with van der Waals surface area (Å²) < 4.78 is 5.20. The number of anilines is 3. The van der Waals surface area contributed by atoms with Crippen molar-refractivity contribution in [1.29, 1.82) is 5.26 Å². The van der Waals surface area contributed by atoms with E-state index in [1.807, 2.05) is 30.3 Å². The number of methoxy groups -OCH3 is 1. The molecule has 0 aliphatic heterocycles. The maximum atomic E-state index is 12.4. The van der Waals surface area contributed by atoms with Crippen LogP contribution >= 0.6 is 0 Å². The number of rotatable bonds is 5. The Hall–Kier alpha value is -3.85. The molecular weight excluding hydrogens is 328 g/mol. The first-order valence-corrected chi connectivity index (χ1v) is 7.86. The molecule has 0 saturated heterocycles. The molecule has 6 nitrogen and oxygen atoms in total. The molecule has 3 aromatic rings. The van der Waals surface area contributed by atoms with Gasteiger partial charge in [0, 0.05) is 29.3 Å². The molecule has 0 saturated carbocycles. The van der Waals surface area contributed by atoms with Crippen LogP contribution in [-0.2, 0) is 0 Å². The number of aromatic nitrogens is 1. The first kappa shape index (κ1) is 17.0. The van der Waals surface area contributed by atoms with Crippen molar-refractivity contribution in [3.63, 3.8) is 0 Å². The van der Waals surface area contributed by atoms with Crippen LogP contribution in [0.4, 0.5) is 17.1 Å². The van der Waals surface area contributed by atoms with Gasteiger partial charge in [-0.3, -0.25) is 9.78 Å². The fourth-order valence-corrected chi connectivity index (χ4v) is 2.36. The third-order valence-corrected chi connectivity index (χ3v) is 3.60. The van der Waals surface area contributed by atoms with Crippen molar-refractivity contribution in [2.45, 2.75) is 0 Å². The molecule has 0 radical (unpaired) electrons. The highest BCUT2D eigenvalue weighted by Gasteiger charge is 2.09. The third-order valence-electron chi connectivity index (χ3n) is 3.60. The van der Waals surface area contributed by atoms with E-state index in [4.69, 9.17) is 10.00 Å². The molecule has 0 atom stereocenters. The van der Waals surface area contributed by atoms with Gasteiger partial charge < -0.3 is 15.4 Å². The van der Waals surface area contributed by atoms with Gasteiger partial charge in [-0.25, -0.2) is 0 Å². The molecule has 2 N–H and O–H groups in total. The predicted molar refractivity (Wildman–Crippen MR) is 99.6 cm³/mol. The Balaban J connectivity index is 1.75. The summed E-state index contributed by atoms with van der Waals surface area (Å²) in [6, 6.07) is 19.7. The molecule has 0 bridgehead atoms. The standard InChI is InChI=1S/C20H16N4O2/c1-26-18-7-3-6-16(11-18)23-17-8-9-22-19(12-17)20(25)24-15-5-2-4-14(10-15)13-21/h2-12H,1H3,(H,22,23)(H,24,25). The highest BCUT2D eigenvalue weighted by molar-refractivity contribution is 6.03. The molecule has 0 unspecified atom stereocenters. The van der Waals surface area contributed by atoms with Crippen molar-refractivity contribution in [2.24, 2.45) is 0 Å². The fraction of sp³-hybridized carbons (Fsp3) is 0.0500. The Labute approximate surface area is 151 Å². The van der Waals surface area contributed by atoms with Gasteiger partial charge in [0.25, 0.3) is 5.91 Å². The van der Waals surface area contributed by atoms with E-state index in [9.17, 15) is 4.79 Å². The number of hydrogen-bond donors (Lipinski definition) is 2. The number of benzene rings is 2. The van der Waals surface area contributed by atoms with Crippen LogP contribution in [0.1, 0.15) is 16.1 Å². The second kappa shape index (κ2) is 7.81. The van der Waals surface area contributed by atoms with E-state index in [0.717, 1.165) is 17.1 Å². The lowest BCUT2D eigenvalue weighted by Crippen LogP contribution is -2.13. The number of carbonyl (C=O) groups is 1. The van der Waals surface area contributed by atoms with Crippen molar-refractivity contribution in [3.05, 3.63) is 78.1 Å². The second-order valence-corrected chi connectivity index (χ2v) is 5.43. The van der Waals surface area contributed by atoms with Crippen LogP contribution in [0, 0.1) is 11.3 Å². The minimum absolute atomic E-state index is 0.264. The zero-order valence-electron chi connectivity index (χ0n) is 14.1. The Morgan fingerprint density at radius 3 is 2.62 bits per heavy atom. The summed E-state index contributed by atoms with van der Waals surface area (Å²) in [5, 5.41) is 14.9. The summed E-state index contributed by atoms with van der Waals surface area (Å²) >= 11 is 0. The Morgan fingerprint density at radius 1 is 1.04 bits per heavy atom. The van der Waals surface area contributed by atoms with Gasteiger partial charge in [-0.15, -0.1) is 0 Å². The molecule has 0 aliphatic carbocycles.